The lowest BCUT2D eigenvalue weighted by Crippen LogP contribution is -2.27. The highest BCUT2D eigenvalue weighted by atomic mass is 35.5. The molecule has 1 aliphatic heterocycles. The van der Waals surface area contributed by atoms with Gasteiger partial charge in [0.25, 0.3) is 0 Å². The highest BCUT2D eigenvalue weighted by Crippen LogP contribution is 2.27. The van der Waals surface area contributed by atoms with Crippen molar-refractivity contribution < 1.29 is 14.3 Å². The Balaban J connectivity index is 1.69. The third kappa shape index (κ3) is 3.44. The number of benzene rings is 2. The molecule has 1 aliphatic rings. The molecule has 124 valence electrons. The van der Waals surface area contributed by atoms with Crippen LogP contribution in [0.2, 0.25) is 5.02 Å². The minimum absolute atomic E-state index is 0.0839. The summed E-state index contributed by atoms with van der Waals surface area (Å²) in [5.41, 5.74) is 2.94. The van der Waals surface area contributed by atoms with E-state index in [1.54, 1.807) is 35.2 Å². The summed E-state index contributed by atoms with van der Waals surface area (Å²) >= 11 is 5.87. The lowest BCUT2D eigenvalue weighted by molar-refractivity contribution is -0.139. The van der Waals surface area contributed by atoms with E-state index < -0.39 is 5.92 Å². The molecule has 2 aromatic carbocycles. The van der Waals surface area contributed by atoms with E-state index >= 15 is 0 Å². The molecule has 0 bridgehead atoms. The van der Waals surface area contributed by atoms with E-state index in [1.165, 1.54) is 0 Å². The number of ether oxygens (including phenoxy) is 1. The summed E-state index contributed by atoms with van der Waals surface area (Å²) in [6, 6.07) is 12.5. The molecule has 4 nitrogen and oxygen atoms in total. The first-order valence-corrected chi connectivity index (χ1v) is 8.17. The van der Waals surface area contributed by atoms with Crippen molar-refractivity contribution in [2.75, 3.05) is 11.4 Å². The third-order valence-electron chi connectivity index (χ3n) is 4.29. The predicted molar refractivity (Wildman–Crippen MR) is 93.5 cm³/mol. The smallest absolute Gasteiger partial charge is 0.316 e. The first-order chi connectivity index (χ1) is 11.4. The van der Waals surface area contributed by atoms with Crippen LogP contribution in [0.15, 0.2) is 42.5 Å². The van der Waals surface area contributed by atoms with Gasteiger partial charge < -0.3 is 9.64 Å². The maximum Gasteiger partial charge on any atom is 0.316 e. The Morgan fingerprint density at radius 1 is 1.12 bits per heavy atom. The molecule has 1 amide bonds. The van der Waals surface area contributed by atoms with Crippen molar-refractivity contribution in [2.45, 2.75) is 20.3 Å². The van der Waals surface area contributed by atoms with Crippen LogP contribution in [-0.4, -0.2) is 18.4 Å². The molecule has 0 radical (unpaired) electrons. The number of nitrogens with zero attached hydrogens (tertiary/aromatic N) is 1. The Morgan fingerprint density at radius 2 is 1.83 bits per heavy atom. The Labute approximate surface area is 146 Å². The largest absolute Gasteiger partial charge is 0.426 e. The number of rotatable bonds is 3. The van der Waals surface area contributed by atoms with E-state index in [9.17, 15) is 9.59 Å². The summed E-state index contributed by atoms with van der Waals surface area (Å²) in [6.07, 6.45) is 0.159. The fraction of sp³-hybridized carbons (Fsp3) is 0.263. The van der Waals surface area contributed by atoms with Crippen molar-refractivity contribution in [1.29, 1.82) is 0 Å². The molecule has 2 aromatic rings. The quantitative estimate of drug-likeness (QED) is 0.627. The summed E-state index contributed by atoms with van der Waals surface area (Å²) < 4.78 is 5.45. The van der Waals surface area contributed by atoms with Gasteiger partial charge >= 0.3 is 5.97 Å². The number of aryl methyl sites for hydroxylation is 2. The van der Waals surface area contributed by atoms with E-state index in [0.717, 1.165) is 16.8 Å². The van der Waals surface area contributed by atoms with Gasteiger partial charge in [-0.2, -0.15) is 0 Å². The number of carbonyl (C=O) groups is 2. The first kappa shape index (κ1) is 16.5. The standard InChI is InChI=1S/C19H18ClNO3/c1-12-3-8-17(9-13(12)2)24-19(23)14-10-18(22)21(11-14)16-6-4-15(20)5-7-16/h3-9,14H,10-11H2,1-2H3/t14-/m0/s1. The number of hydrogen-bond acceptors (Lipinski definition) is 3. The Bertz CT molecular complexity index is 786. The number of anilines is 1. The number of amides is 1. The second-order valence-corrected chi connectivity index (χ2v) is 6.49. The van der Waals surface area contributed by atoms with Crippen LogP contribution in [0.5, 0.6) is 5.75 Å². The van der Waals surface area contributed by atoms with Crippen LogP contribution in [0.4, 0.5) is 5.69 Å². The monoisotopic (exact) mass is 343 g/mol. The van der Waals surface area contributed by atoms with Crippen LogP contribution < -0.4 is 9.64 Å². The van der Waals surface area contributed by atoms with Crippen molar-refractivity contribution in [3.63, 3.8) is 0 Å². The maximum atomic E-state index is 12.4. The fourth-order valence-corrected chi connectivity index (χ4v) is 2.84. The van der Waals surface area contributed by atoms with Crippen molar-refractivity contribution in [2.24, 2.45) is 5.92 Å². The molecule has 0 saturated carbocycles. The lowest BCUT2D eigenvalue weighted by atomic mass is 10.1. The topological polar surface area (TPSA) is 46.6 Å². The van der Waals surface area contributed by atoms with Crippen LogP contribution in [0.3, 0.4) is 0 Å². The van der Waals surface area contributed by atoms with Crippen molar-refractivity contribution in [3.05, 3.63) is 58.6 Å². The second-order valence-electron chi connectivity index (χ2n) is 6.05. The molecule has 0 unspecified atom stereocenters. The van der Waals surface area contributed by atoms with Crippen molar-refractivity contribution in [3.8, 4) is 5.75 Å². The molecular weight excluding hydrogens is 326 g/mol. The minimum Gasteiger partial charge on any atom is -0.426 e. The highest BCUT2D eigenvalue weighted by molar-refractivity contribution is 6.30. The molecule has 0 spiro atoms. The van der Waals surface area contributed by atoms with Gasteiger partial charge in [0.2, 0.25) is 5.91 Å². The molecule has 1 fully saturated rings. The Hall–Kier alpha value is -2.33. The molecule has 0 aromatic heterocycles. The van der Waals surface area contributed by atoms with Crippen LogP contribution >= 0.6 is 11.6 Å². The maximum absolute atomic E-state index is 12.4. The van der Waals surface area contributed by atoms with Gasteiger partial charge in [-0.15, -0.1) is 0 Å². The summed E-state index contributed by atoms with van der Waals surface area (Å²) in [5, 5.41) is 0.607. The molecular formula is C19H18ClNO3. The van der Waals surface area contributed by atoms with Gasteiger partial charge in [0.05, 0.1) is 5.92 Å². The number of carbonyl (C=O) groups excluding carboxylic acids is 2. The van der Waals surface area contributed by atoms with Crippen LogP contribution in [0, 0.1) is 19.8 Å². The van der Waals surface area contributed by atoms with E-state index in [4.69, 9.17) is 16.3 Å². The van der Waals surface area contributed by atoms with Crippen LogP contribution in [0.1, 0.15) is 17.5 Å². The van der Waals surface area contributed by atoms with E-state index in [1.807, 2.05) is 26.0 Å². The van der Waals surface area contributed by atoms with E-state index in [-0.39, 0.29) is 18.3 Å². The van der Waals surface area contributed by atoms with Gasteiger partial charge in [0, 0.05) is 23.7 Å². The Morgan fingerprint density at radius 3 is 2.50 bits per heavy atom. The Kier molecular flexibility index (Phi) is 4.58. The number of hydrogen-bond donors (Lipinski definition) is 0. The molecule has 1 saturated heterocycles. The van der Waals surface area contributed by atoms with E-state index in [0.29, 0.717) is 17.3 Å². The molecule has 0 aliphatic carbocycles. The van der Waals surface area contributed by atoms with Crippen molar-refractivity contribution >= 4 is 29.2 Å². The van der Waals surface area contributed by atoms with E-state index in [2.05, 4.69) is 0 Å². The first-order valence-electron chi connectivity index (χ1n) is 7.79. The summed E-state index contributed by atoms with van der Waals surface area (Å²) in [6.45, 7) is 4.29. The SMILES string of the molecule is Cc1ccc(OC(=O)[C@H]2CC(=O)N(c3ccc(Cl)cc3)C2)cc1C. The normalized spacial score (nSPS) is 17.2. The molecule has 3 rings (SSSR count). The molecule has 1 atom stereocenters. The second kappa shape index (κ2) is 6.65. The van der Waals surface area contributed by atoms with Crippen molar-refractivity contribution in [1.82, 2.24) is 0 Å². The van der Waals surface area contributed by atoms with Crippen LogP contribution in [-0.2, 0) is 9.59 Å². The zero-order chi connectivity index (χ0) is 17.3. The average Bonchev–Trinajstić information content (AvgIpc) is 2.94. The fourth-order valence-electron chi connectivity index (χ4n) is 2.71. The van der Waals surface area contributed by atoms with Crippen LogP contribution in [0.25, 0.3) is 0 Å². The lowest BCUT2D eigenvalue weighted by Gasteiger charge is -2.16. The molecule has 1 heterocycles. The average molecular weight is 344 g/mol. The van der Waals surface area contributed by atoms with Gasteiger partial charge in [-0.05, 0) is 61.4 Å². The summed E-state index contributed by atoms with van der Waals surface area (Å²) in [7, 11) is 0. The summed E-state index contributed by atoms with van der Waals surface area (Å²) in [5.74, 6) is -0.405. The molecule has 5 heteroatoms. The van der Waals surface area contributed by atoms with Gasteiger partial charge in [-0.3, -0.25) is 9.59 Å². The van der Waals surface area contributed by atoms with Gasteiger partial charge in [0.15, 0.2) is 0 Å². The molecule has 24 heavy (non-hydrogen) atoms. The summed E-state index contributed by atoms with van der Waals surface area (Å²) in [4.78, 5) is 26.2. The zero-order valence-electron chi connectivity index (χ0n) is 13.6. The van der Waals surface area contributed by atoms with Gasteiger partial charge in [-0.25, -0.2) is 0 Å². The predicted octanol–water partition coefficient (Wildman–Crippen LogP) is 3.92. The number of esters is 1. The van der Waals surface area contributed by atoms with Gasteiger partial charge in [-0.1, -0.05) is 17.7 Å². The molecule has 0 N–H and O–H groups in total. The highest BCUT2D eigenvalue weighted by Gasteiger charge is 2.36. The zero-order valence-corrected chi connectivity index (χ0v) is 14.3. The third-order valence-corrected chi connectivity index (χ3v) is 4.55. The minimum atomic E-state index is -0.463. The van der Waals surface area contributed by atoms with Gasteiger partial charge in [0.1, 0.15) is 5.75 Å². The number of halogens is 1.